The third-order valence-electron chi connectivity index (χ3n) is 2.12. The second kappa shape index (κ2) is 4.76. The zero-order valence-corrected chi connectivity index (χ0v) is 10.7. The highest BCUT2D eigenvalue weighted by atomic mass is 79.9. The maximum Gasteiger partial charge on any atom is 0.0568 e. The predicted molar refractivity (Wildman–Crippen MR) is 73.3 cm³/mol. The van der Waals surface area contributed by atoms with Crippen LogP contribution in [0.15, 0.2) is 46.9 Å². The molecule has 2 aromatic carbocycles. The molecule has 0 aliphatic carbocycles. The molecule has 0 aromatic heterocycles. The lowest BCUT2D eigenvalue weighted by Gasteiger charge is -2.07. The fraction of sp³-hybridized carbons (Fsp3) is 0. The van der Waals surface area contributed by atoms with Crippen molar-refractivity contribution in [2.45, 2.75) is 0 Å². The summed E-state index contributed by atoms with van der Waals surface area (Å²) >= 11 is 9.35. The van der Waals surface area contributed by atoms with Crippen molar-refractivity contribution in [2.24, 2.45) is 0 Å². The third-order valence-corrected chi connectivity index (χ3v) is 3.35. The molecule has 0 heterocycles. The van der Waals surface area contributed by atoms with Crippen LogP contribution in [-0.4, -0.2) is 0 Å². The quantitative estimate of drug-likeness (QED) is 0.805. The Hall–Kier alpha value is -1.19. The molecule has 0 unspecified atom stereocenters. The van der Waals surface area contributed by atoms with Crippen LogP contribution in [0.3, 0.4) is 0 Å². The third kappa shape index (κ3) is 2.68. The number of nitrogens with one attached hydrogen (secondary N) is 1. The molecule has 2 aromatic rings. The van der Waals surface area contributed by atoms with Gasteiger partial charge in [-0.3, -0.25) is 0 Å². The van der Waals surface area contributed by atoms with Gasteiger partial charge in [0, 0.05) is 21.5 Å². The smallest absolute Gasteiger partial charge is 0.0568 e. The summed E-state index contributed by atoms with van der Waals surface area (Å²) in [4.78, 5) is 0. The average molecular weight is 298 g/mol. The number of halogens is 2. The average Bonchev–Trinajstić information content (AvgIpc) is 2.27. The van der Waals surface area contributed by atoms with Crippen molar-refractivity contribution in [2.75, 3.05) is 11.1 Å². The number of nitrogen functional groups attached to an aromatic ring is 1. The van der Waals surface area contributed by atoms with Gasteiger partial charge in [0.25, 0.3) is 0 Å². The van der Waals surface area contributed by atoms with E-state index in [1.165, 1.54) is 0 Å². The van der Waals surface area contributed by atoms with Crippen LogP contribution in [0.2, 0.25) is 5.02 Å². The molecule has 0 radical (unpaired) electrons. The molecule has 82 valence electrons. The molecule has 0 aliphatic heterocycles. The lowest BCUT2D eigenvalue weighted by Crippen LogP contribution is -1.91. The summed E-state index contributed by atoms with van der Waals surface area (Å²) < 4.78 is 0.886. The molecule has 0 atom stereocenters. The number of anilines is 3. The van der Waals surface area contributed by atoms with E-state index in [1.54, 1.807) is 0 Å². The summed E-state index contributed by atoms with van der Waals surface area (Å²) in [5.74, 6) is 0. The SMILES string of the molecule is Nc1ccc(Nc2ccc(Br)c(Cl)c2)cc1. The molecule has 3 N–H and O–H groups in total. The van der Waals surface area contributed by atoms with Gasteiger partial charge in [-0.05, 0) is 58.4 Å². The Kier molecular flexibility index (Phi) is 3.36. The molecule has 0 aliphatic rings. The van der Waals surface area contributed by atoms with Crippen LogP contribution in [0.25, 0.3) is 0 Å². The normalized spacial score (nSPS) is 10.1. The molecule has 4 heteroatoms. The van der Waals surface area contributed by atoms with Crippen molar-refractivity contribution in [1.82, 2.24) is 0 Å². The topological polar surface area (TPSA) is 38.0 Å². The minimum absolute atomic E-state index is 0.681. The van der Waals surface area contributed by atoms with E-state index in [4.69, 9.17) is 17.3 Å². The highest BCUT2D eigenvalue weighted by Crippen LogP contribution is 2.27. The van der Waals surface area contributed by atoms with Gasteiger partial charge in [0.15, 0.2) is 0 Å². The molecule has 0 bridgehead atoms. The van der Waals surface area contributed by atoms with Crippen molar-refractivity contribution in [3.63, 3.8) is 0 Å². The molecule has 0 fully saturated rings. The molecular weight excluding hydrogens is 288 g/mol. The molecule has 0 saturated heterocycles. The number of hydrogen-bond acceptors (Lipinski definition) is 2. The number of hydrogen-bond donors (Lipinski definition) is 2. The van der Waals surface area contributed by atoms with Gasteiger partial charge in [-0.15, -0.1) is 0 Å². The van der Waals surface area contributed by atoms with Crippen LogP contribution in [-0.2, 0) is 0 Å². The van der Waals surface area contributed by atoms with Crippen molar-refractivity contribution in [1.29, 1.82) is 0 Å². The molecule has 2 nitrogen and oxygen atoms in total. The molecular formula is C12H10BrClN2. The van der Waals surface area contributed by atoms with E-state index in [9.17, 15) is 0 Å². The Morgan fingerprint density at radius 1 is 1.00 bits per heavy atom. The molecule has 0 spiro atoms. The maximum absolute atomic E-state index is 6.00. The first-order chi connectivity index (χ1) is 7.65. The zero-order valence-electron chi connectivity index (χ0n) is 8.37. The standard InChI is InChI=1S/C12H10BrClN2/c13-11-6-5-10(7-12(11)14)16-9-3-1-8(15)2-4-9/h1-7,16H,15H2. The largest absolute Gasteiger partial charge is 0.399 e. The monoisotopic (exact) mass is 296 g/mol. The van der Waals surface area contributed by atoms with Crippen LogP contribution >= 0.6 is 27.5 Å². The van der Waals surface area contributed by atoms with E-state index < -0.39 is 0 Å². The summed E-state index contributed by atoms with van der Waals surface area (Å²) in [5, 5.41) is 3.92. The fourth-order valence-corrected chi connectivity index (χ4v) is 1.73. The van der Waals surface area contributed by atoms with E-state index in [-0.39, 0.29) is 0 Å². The molecule has 0 saturated carbocycles. The molecule has 2 rings (SSSR count). The van der Waals surface area contributed by atoms with Crippen LogP contribution in [0.5, 0.6) is 0 Å². The van der Waals surface area contributed by atoms with E-state index >= 15 is 0 Å². The second-order valence-corrected chi connectivity index (χ2v) is 4.64. The van der Waals surface area contributed by atoms with Gasteiger partial charge < -0.3 is 11.1 Å². The fourth-order valence-electron chi connectivity index (χ4n) is 1.31. The van der Waals surface area contributed by atoms with Crippen molar-refractivity contribution in [3.8, 4) is 0 Å². The van der Waals surface area contributed by atoms with Gasteiger partial charge in [-0.25, -0.2) is 0 Å². The maximum atomic E-state index is 6.00. The second-order valence-electron chi connectivity index (χ2n) is 3.38. The number of benzene rings is 2. The van der Waals surface area contributed by atoms with Gasteiger partial charge in [0.2, 0.25) is 0 Å². The lowest BCUT2D eigenvalue weighted by molar-refractivity contribution is 1.53. The van der Waals surface area contributed by atoms with Crippen LogP contribution in [0.4, 0.5) is 17.1 Å². The summed E-state index contributed by atoms with van der Waals surface area (Å²) in [6.07, 6.45) is 0. The number of rotatable bonds is 2. The van der Waals surface area contributed by atoms with Crippen molar-refractivity contribution in [3.05, 3.63) is 52.0 Å². The molecule has 16 heavy (non-hydrogen) atoms. The lowest BCUT2D eigenvalue weighted by atomic mass is 10.2. The first-order valence-electron chi connectivity index (χ1n) is 4.73. The Bertz CT molecular complexity index is 497. The highest BCUT2D eigenvalue weighted by molar-refractivity contribution is 9.10. The van der Waals surface area contributed by atoms with E-state index in [1.807, 2.05) is 42.5 Å². The van der Waals surface area contributed by atoms with Gasteiger partial charge in [0.05, 0.1) is 5.02 Å². The van der Waals surface area contributed by atoms with Gasteiger partial charge in [-0.2, -0.15) is 0 Å². The zero-order chi connectivity index (χ0) is 11.5. The summed E-state index contributed by atoms with van der Waals surface area (Å²) in [7, 11) is 0. The Balaban J connectivity index is 2.20. The van der Waals surface area contributed by atoms with Gasteiger partial charge in [-0.1, -0.05) is 11.6 Å². The van der Waals surface area contributed by atoms with E-state index in [2.05, 4.69) is 21.2 Å². The summed E-state index contributed by atoms with van der Waals surface area (Å²) in [5.41, 5.74) is 8.28. The van der Waals surface area contributed by atoms with Gasteiger partial charge >= 0.3 is 0 Å². The Morgan fingerprint density at radius 2 is 1.62 bits per heavy atom. The predicted octanol–water partition coefficient (Wildman–Crippen LogP) is 4.43. The summed E-state index contributed by atoms with van der Waals surface area (Å²) in [6.45, 7) is 0. The van der Waals surface area contributed by atoms with E-state index in [0.717, 1.165) is 21.5 Å². The van der Waals surface area contributed by atoms with Gasteiger partial charge in [0.1, 0.15) is 0 Å². The highest BCUT2D eigenvalue weighted by Gasteiger charge is 1.99. The van der Waals surface area contributed by atoms with Crippen molar-refractivity contribution < 1.29 is 0 Å². The van der Waals surface area contributed by atoms with E-state index in [0.29, 0.717) is 5.02 Å². The number of nitrogens with two attached hydrogens (primary N) is 1. The minimum Gasteiger partial charge on any atom is -0.399 e. The van der Waals surface area contributed by atoms with Crippen LogP contribution in [0, 0.1) is 0 Å². The molecule has 0 amide bonds. The Morgan fingerprint density at radius 3 is 2.25 bits per heavy atom. The van der Waals surface area contributed by atoms with Crippen molar-refractivity contribution >= 4 is 44.6 Å². The Labute approximate surface area is 108 Å². The van der Waals surface area contributed by atoms with Crippen LogP contribution < -0.4 is 11.1 Å². The minimum atomic E-state index is 0.681. The first kappa shape index (κ1) is 11.3. The summed E-state index contributed by atoms with van der Waals surface area (Å²) in [6, 6.07) is 13.3. The first-order valence-corrected chi connectivity index (χ1v) is 5.90. The van der Waals surface area contributed by atoms with Crippen LogP contribution in [0.1, 0.15) is 0 Å².